The Morgan fingerprint density at radius 1 is 1.30 bits per heavy atom. The molecule has 0 bridgehead atoms. The monoisotopic (exact) mass is 339 g/mol. The van der Waals surface area contributed by atoms with Gasteiger partial charge in [-0.2, -0.15) is 0 Å². The van der Waals surface area contributed by atoms with Crippen LogP contribution in [0.15, 0.2) is 12.1 Å². The van der Waals surface area contributed by atoms with Crippen molar-refractivity contribution in [1.29, 1.82) is 0 Å². The fourth-order valence-corrected chi connectivity index (χ4v) is 2.74. The number of ether oxygens (including phenoxy) is 1. The minimum atomic E-state index is -3.36. The summed E-state index contributed by atoms with van der Waals surface area (Å²) >= 11 is 12.3. The molecule has 4 nitrogen and oxygen atoms in total. The van der Waals surface area contributed by atoms with Crippen LogP contribution in [0.4, 0.5) is 0 Å². The summed E-state index contributed by atoms with van der Waals surface area (Å²) in [6, 6.07) is 2.33. The normalized spacial score (nSPS) is 14.2. The van der Waals surface area contributed by atoms with E-state index in [9.17, 15) is 8.42 Å². The molecule has 1 rings (SSSR count). The molecule has 7 heteroatoms. The third kappa shape index (κ3) is 3.39. The molecule has 1 unspecified atom stereocenters. The second kappa shape index (κ2) is 6.10. The van der Waals surface area contributed by atoms with Crippen molar-refractivity contribution in [1.82, 2.24) is 0 Å². The van der Waals surface area contributed by atoms with E-state index in [4.69, 9.17) is 33.7 Å². The largest absolute Gasteiger partial charge is 0.492 e. The Bertz CT molecular complexity index is 600. The molecule has 114 valence electrons. The number of halogens is 2. The van der Waals surface area contributed by atoms with Crippen LogP contribution in [0.3, 0.4) is 0 Å². The van der Waals surface area contributed by atoms with Crippen LogP contribution in [0.5, 0.6) is 5.75 Å². The van der Waals surface area contributed by atoms with Gasteiger partial charge < -0.3 is 10.5 Å². The highest BCUT2D eigenvalue weighted by Gasteiger charge is 2.38. The Balaban J connectivity index is 3.31. The SMILES string of the molecule is CCOc1cc(Cl)c(C(N)C(C)(C)S(C)(=O)=O)cc1Cl. The second-order valence-electron chi connectivity index (χ2n) is 5.09. The van der Waals surface area contributed by atoms with E-state index >= 15 is 0 Å². The summed E-state index contributed by atoms with van der Waals surface area (Å²) in [5.74, 6) is 0.451. The smallest absolute Gasteiger partial charge is 0.154 e. The molecule has 0 saturated heterocycles. The quantitative estimate of drug-likeness (QED) is 0.894. The van der Waals surface area contributed by atoms with E-state index in [0.717, 1.165) is 6.26 Å². The molecule has 1 atom stereocenters. The van der Waals surface area contributed by atoms with Gasteiger partial charge in [-0.25, -0.2) is 8.42 Å². The zero-order chi connectivity index (χ0) is 15.7. The number of hydrogen-bond acceptors (Lipinski definition) is 4. The van der Waals surface area contributed by atoms with Crippen LogP contribution in [-0.4, -0.2) is 26.0 Å². The van der Waals surface area contributed by atoms with Gasteiger partial charge in [0, 0.05) is 17.3 Å². The summed E-state index contributed by atoms with van der Waals surface area (Å²) in [5.41, 5.74) is 6.57. The van der Waals surface area contributed by atoms with E-state index in [-0.39, 0.29) is 0 Å². The highest BCUT2D eigenvalue weighted by atomic mass is 35.5. The van der Waals surface area contributed by atoms with Crippen LogP contribution < -0.4 is 10.5 Å². The molecule has 0 aliphatic carbocycles. The Hall–Kier alpha value is -0.490. The molecule has 0 fully saturated rings. The third-order valence-electron chi connectivity index (χ3n) is 3.39. The first-order chi connectivity index (χ1) is 9.02. The van der Waals surface area contributed by atoms with Gasteiger partial charge in [0.2, 0.25) is 0 Å². The van der Waals surface area contributed by atoms with E-state index in [1.165, 1.54) is 0 Å². The van der Waals surface area contributed by atoms with E-state index < -0.39 is 20.6 Å². The van der Waals surface area contributed by atoms with Gasteiger partial charge in [0.15, 0.2) is 9.84 Å². The molecule has 0 amide bonds. The molecule has 1 aromatic carbocycles. The number of nitrogens with two attached hydrogens (primary N) is 1. The molecule has 0 heterocycles. The second-order valence-corrected chi connectivity index (χ2v) is 8.50. The summed E-state index contributed by atoms with van der Waals surface area (Å²) in [7, 11) is -3.36. The van der Waals surface area contributed by atoms with Crippen LogP contribution in [0.25, 0.3) is 0 Å². The highest BCUT2D eigenvalue weighted by Crippen LogP contribution is 2.38. The van der Waals surface area contributed by atoms with Crippen molar-refractivity contribution in [3.05, 3.63) is 27.7 Å². The molecule has 0 aromatic heterocycles. The topological polar surface area (TPSA) is 69.4 Å². The van der Waals surface area contributed by atoms with Crippen LogP contribution in [0.2, 0.25) is 10.0 Å². The Morgan fingerprint density at radius 3 is 2.30 bits per heavy atom. The summed E-state index contributed by atoms with van der Waals surface area (Å²) in [5, 5.41) is 0.688. The van der Waals surface area contributed by atoms with Gasteiger partial charge in [0.1, 0.15) is 5.75 Å². The lowest BCUT2D eigenvalue weighted by Crippen LogP contribution is -2.42. The molecule has 20 heavy (non-hydrogen) atoms. The fraction of sp³-hybridized carbons (Fsp3) is 0.538. The lowest BCUT2D eigenvalue weighted by Gasteiger charge is -2.30. The zero-order valence-corrected chi connectivity index (χ0v) is 14.2. The first-order valence-corrected chi connectivity index (χ1v) is 8.74. The van der Waals surface area contributed by atoms with Gasteiger partial charge in [-0.3, -0.25) is 0 Å². The van der Waals surface area contributed by atoms with E-state index in [1.807, 2.05) is 6.92 Å². The Labute approximate surface area is 130 Å². The minimum Gasteiger partial charge on any atom is -0.492 e. The van der Waals surface area contributed by atoms with Crippen LogP contribution in [0, 0.1) is 0 Å². The van der Waals surface area contributed by atoms with Crippen molar-refractivity contribution in [3.8, 4) is 5.75 Å². The molecule has 2 N–H and O–H groups in total. The van der Waals surface area contributed by atoms with E-state index in [0.29, 0.717) is 28.0 Å². The molecular weight excluding hydrogens is 321 g/mol. The number of hydrogen-bond donors (Lipinski definition) is 1. The molecule has 1 aromatic rings. The van der Waals surface area contributed by atoms with Crippen molar-refractivity contribution in [2.45, 2.75) is 31.6 Å². The lowest BCUT2D eigenvalue weighted by molar-refractivity contribution is 0.340. The van der Waals surface area contributed by atoms with Crippen molar-refractivity contribution in [3.63, 3.8) is 0 Å². The number of rotatable bonds is 5. The van der Waals surface area contributed by atoms with Crippen molar-refractivity contribution < 1.29 is 13.2 Å². The first-order valence-electron chi connectivity index (χ1n) is 6.09. The predicted octanol–water partition coefficient (Wildman–Crippen LogP) is 3.22. The molecule has 0 aliphatic heterocycles. The van der Waals surface area contributed by atoms with E-state index in [2.05, 4.69) is 0 Å². The van der Waals surface area contributed by atoms with Gasteiger partial charge in [-0.1, -0.05) is 23.2 Å². The number of benzene rings is 1. The standard InChI is InChI=1S/C13H19Cl2NO3S/c1-5-19-11-7-9(14)8(6-10(11)15)12(16)13(2,3)20(4,17)18/h6-7,12H,5,16H2,1-4H3. The van der Waals surface area contributed by atoms with E-state index in [1.54, 1.807) is 26.0 Å². The van der Waals surface area contributed by atoms with Gasteiger partial charge in [0.05, 0.1) is 22.4 Å². The Morgan fingerprint density at radius 2 is 1.85 bits per heavy atom. The molecule has 0 aliphatic rings. The van der Waals surface area contributed by atoms with Gasteiger partial charge >= 0.3 is 0 Å². The highest BCUT2D eigenvalue weighted by molar-refractivity contribution is 7.92. The molecule has 0 spiro atoms. The lowest BCUT2D eigenvalue weighted by atomic mass is 9.96. The average Bonchev–Trinajstić information content (AvgIpc) is 2.31. The molecule has 0 radical (unpaired) electrons. The van der Waals surface area contributed by atoms with Crippen LogP contribution in [-0.2, 0) is 9.84 Å². The van der Waals surface area contributed by atoms with Gasteiger partial charge in [0.25, 0.3) is 0 Å². The van der Waals surface area contributed by atoms with Crippen LogP contribution >= 0.6 is 23.2 Å². The maximum atomic E-state index is 11.9. The summed E-state index contributed by atoms with van der Waals surface area (Å²) < 4.78 is 27.9. The van der Waals surface area contributed by atoms with Crippen molar-refractivity contribution in [2.75, 3.05) is 12.9 Å². The number of sulfone groups is 1. The summed E-state index contributed by atoms with van der Waals surface area (Å²) in [6.45, 7) is 5.41. The van der Waals surface area contributed by atoms with Gasteiger partial charge in [-0.15, -0.1) is 0 Å². The fourth-order valence-electron chi connectivity index (χ4n) is 1.65. The maximum Gasteiger partial charge on any atom is 0.154 e. The van der Waals surface area contributed by atoms with Crippen molar-refractivity contribution in [2.24, 2.45) is 5.73 Å². The Kier molecular flexibility index (Phi) is 5.35. The average molecular weight is 340 g/mol. The van der Waals surface area contributed by atoms with Crippen molar-refractivity contribution >= 4 is 33.0 Å². The minimum absolute atomic E-state index is 0.335. The maximum absolute atomic E-state index is 11.9. The van der Waals surface area contributed by atoms with Crippen LogP contribution in [0.1, 0.15) is 32.4 Å². The third-order valence-corrected chi connectivity index (χ3v) is 6.18. The zero-order valence-electron chi connectivity index (χ0n) is 11.9. The predicted molar refractivity (Wildman–Crippen MR) is 83.5 cm³/mol. The summed E-state index contributed by atoms with van der Waals surface area (Å²) in [4.78, 5) is 0. The first kappa shape index (κ1) is 17.6. The summed E-state index contributed by atoms with van der Waals surface area (Å²) in [6.07, 6.45) is 1.15. The van der Waals surface area contributed by atoms with Gasteiger partial charge in [-0.05, 0) is 32.4 Å². The molecule has 0 saturated carbocycles. The molecular formula is C13H19Cl2NO3S.